The lowest BCUT2D eigenvalue weighted by Gasteiger charge is -2.54. The monoisotopic (exact) mass is 530 g/mol. The number of nitrogens with zero attached hydrogens (tertiary/aromatic N) is 2. The number of guanidine groups is 1. The van der Waals surface area contributed by atoms with Crippen molar-refractivity contribution >= 4 is 35.8 Å². The second kappa shape index (κ2) is 10.7. The molecule has 0 aromatic heterocycles. The number of carbonyl (C=O) groups is 1. The van der Waals surface area contributed by atoms with Gasteiger partial charge in [0.2, 0.25) is 5.91 Å². The van der Waals surface area contributed by atoms with E-state index >= 15 is 0 Å². The van der Waals surface area contributed by atoms with E-state index in [9.17, 15) is 4.79 Å². The summed E-state index contributed by atoms with van der Waals surface area (Å²) in [5, 5.41) is 6.99. The van der Waals surface area contributed by atoms with Crippen LogP contribution in [0.4, 0.5) is 0 Å². The van der Waals surface area contributed by atoms with Crippen molar-refractivity contribution in [1.82, 2.24) is 15.5 Å². The van der Waals surface area contributed by atoms with Crippen LogP contribution >= 0.6 is 24.0 Å². The summed E-state index contributed by atoms with van der Waals surface area (Å²) in [4.78, 5) is 18.1. The van der Waals surface area contributed by atoms with Gasteiger partial charge in [-0.15, -0.1) is 24.0 Å². The van der Waals surface area contributed by atoms with Gasteiger partial charge in [-0.2, -0.15) is 0 Å². The molecule has 1 heterocycles. The molecule has 1 saturated heterocycles. The topological polar surface area (TPSA) is 75.2 Å². The number of nitrogens with one attached hydrogen (secondary N) is 2. The van der Waals surface area contributed by atoms with Crippen LogP contribution in [0.5, 0.6) is 5.75 Å². The number of rotatable bonds is 7. The molecular formula is C22H35IN4O3. The molecule has 0 bridgehead atoms. The first-order valence-electron chi connectivity index (χ1n) is 10.3. The summed E-state index contributed by atoms with van der Waals surface area (Å²) in [6.45, 7) is 6.15. The zero-order chi connectivity index (χ0) is 21.0. The van der Waals surface area contributed by atoms with Gasteiger partial charge in [0.05, 0.1) is 13.2 Å². The number of likely N-dealkylation sites (N-methyl/N-ethyl adjacent to an activating group) is 1. The van der Waals surface area contributed by atoms with E-state index in [0.717, 1.165) is 31.7 Å². The molecule has 2 N–H and O–H groups in total. The normalized spacial score (nSPS) is 24.2. The Bertz CT molecular complexity index is 736. The van der Waals surface area contributed by atoms with Gasteiger partial charge in [0.15, 0.2) is 5.96 Å². The van der Waals surface area contributed by atoms with Crippen molar-refractivity contribution in [2.24, 2.45) is 16.3 Å². The number of aliphatic imine (C=N–C) groups is 1. The average Bonchev–Trinajstić information content (AvgIpc) is 3.16. The summed E-state index contributed by atoms with van der Waals surface area (Å²) in [6.07, 6.45) is 2.24. The molecule has 30 heavy (non-hydrogen) atoms. The van der Waals surface area contributed by atoms with Gasteiger partial charge in [0.25, 0.3) is 0 Å². The van der Waals surface area contributed by atoms with Crippen molar-refractivity contribution in [3.8, 4) is 5.75 Å². The van der Waals surface area contributed by atoms with E-state index in [1.165, 1.54) is 5.56 Å². The van der Waals surface area contributed by atoms with Gasteiger partial charge < -0.3 is 25.0 Å². The fourth-order valence-electron chi connectivity index (χ4n) is 4.32. The van der Waals surface area contributed by atoms with Crippen molar-refractivity contribution in [3.05, 3.63) is 29.8 Å². The molecule has 1 aromatic carbocycles. The standard InChI is InChI=1S/C22H34N4O3.HI/c1-22(2)19(17-11-13-29-20(17)22)25-21(24-14-18(27)26(3)4)23-12-10-15-6-8-16(28-5)9-7-15;/h6-9,17,19-20H,10-14H2,1-5H3,(H2,23,24,25);1H. The molecule has 2 fully saturated rings. The van der Waals surface area contributed by atoms with Gasteiger partial charge in [-0.25, -0.2) is 4.99 Å². The van der Waals surface area contributed by atoms with Crippen LogP contribution in [0.2, 0.25) is 0 Å². The first kappa shape index (κ1) is 24.7. The predicted octanol–water partition coefficient (Wildman–Crippen LogP) is 2.29. The van der Waals surface area contributed by atoms with E-state index < -0.39 is 0 Å². The SMILES string of the molecule is COc1ccc(CCNC(=NCC(=O)N(C)C)NC2C3CCOC3C2(C)C)cc1.I. The first-order valence-corrected chi connectivity index (χ1v) is 10.3. The number of carbonyl (C=O) groups excluding carboxylic acids is 1. The van der Waals surface area contributed by atoms with E-state index in [4.69, 9.17) is 9.47 Å². The Morgan fingerprint density at radius 2 is 2.00 bits per heavy atom. The minimum atomic E-state index is -0.0174. The van der Waals surface area contributed by atoms with Crippen LogP contribution in [0.25, 0.3) is 0 Å². The number of ether oxygens (including phenoxy) is 2. The molecule has 3 unspecified atom stereocenters. The van der Waals surface area contributed by atoms with E-state index in [1.807, 2.05) is 12.1 Å². The third kappa shape index (κ3) is 5.57. The van der Waals surface area contributed by atoms with Gasteiger partial charge in [-0.05, 0) is 30.5 Å². The van der Waals surface area contributed by atoms with Crippen LogP contribution in [0, 0.1) is 11.3 Å². The lowest BCUT2D eigenvalue weighted by atomic mass is 9.57. The van der Waals surface area contributed by atoms with Crippen molar-refractivity contribution in [2.45, 2.75) is 38.8 Å². The molecule has 1 saturated carbocycles. The third-order valence-electron chi connectivity index (χ3n) is 6.13. The number of hydrogen-bond acceptors (Lipinski definition) is 4. The quantitative estimate of drug-likeness (QED) is 0.322. The van der Waals surface area contributed by atoms with Gasteiger partial charge in [0.1, 0.15) is 12.3 Å². The number of benzene rings is 1. The fourth-order valence-corrected chi connectivity index (χ4v) is 4.32. The number of methoxy groups -OCH3 is 1. The molecule has 1 aromatic rings. The Hall–Kier alpha value is -1.55. The molecule has 2 aliphatic rings. The molecule has 3 rings (SSSR count). The summed E-state index contributed by atoms with van der Waals surface area (Å²) >= 11 is 0. The number of hydrogen-bond donors (Lipinski definition) is 2. The van der Waals surface area contributed by atoms with E-state index in [-0.39, 0.29) is 47.9 Å². The smallest absolute Gasteiger partial charge is 0.243 e. The second-order valence-electron chi connectivity index (χ2n) is 8.67. The molecule has 1 aliphatic carbocycles. The Morgan fingerprint density at radius 1 is 1.30 bits per heavy atom. The molecule has 0 radical (unpaired) electrons. The Kier molecular flexibility index (Phi) is 8.78. The summed E-state index contributed by atoms with van der Waals surface area (Å²) in [5.41, 5.74) is 1.26. The fraction of sp³-hybridized carbons (Fsp3) is 0.636. The van der Waals surface area contributed by atoms with Crippen LogP contribution in [0.1, 0.15) is 25.8 Å². The largest absolute Gasteiger partial charge is 0.497 e. The molecule has 0 spiro atoms. The van der Waals surface area contributed by atoms with Crippen LogP contribution in [0.3, 0.4) is 0 Å². The molecule has 8 heteroatoms. The van der Waals surface area contributed by atoms with Gasteiger partial charge in [-0.1, -0.05) is 26.0 Å². The Morgan fingerprint density at radius 3 is 2.63 bits per heavy atom. The highest BCUT2D eigenvalue weighted by Crippen LogP contribution is 2.52. The third-order valence-corrected chi connectivity index (χ3v) is 6.13. The zero-order valence-electron chi connectivity index (χ0n) is 18.6. The maximum atomic E-state index is 12.0. The van der Waals surface area contributed by atoms with Crippen molar-refractivity contribution in [2.75, 3.05) is 40.9 Å². The highest BCUT2D eigenvalue weighted by Gasteiger charge is 2.59. The summed E-state index contributed by atoms with van der Waals surface area (Å²) in [5.74, 6) is 2.03. The van der Waals surface area contributed by atoms with Crippen molar-refractivity contribution in [1.29, 1.82) is 0 Å². The summed E-state index contributed by atoms with van der Waals surface area (Å²) in [6, 6.07) is 8.35. The van der Waals surface area contributed by atoms with E-state index in [0.29, 0.717) is 18.0 Å². The minimum Gasteiger partial charge on any atom is -0.497 e. The van der Waals surface area contributed by atoms with Gasteiger partial charge in [0, 0.05) is 44.6 Å². The lowest BCUT2D eigenvalue weighted by molar-refractivity contribution is -0.127. The van der Waals surface area contributed by atoms with Gasteiger partial charge >= 0.3 is 0 Å². The Balaban J connectivity index is 0.00000320. The molecular weight excluding hydrogens is 495 g/mol. The Labute approximate surface area is 197 Å². The van der Waals surface area contributed by atoms with Crippen molar-refractivity contribution in [3.63, 3.8) is 0 Å². The highest BCUT2D eigenvalue weighted by molar-refractivity contribution is 14.0. The van der Waals surface area contributed by atoms with Crippen LogP contribution in [-0.4, -0.2) is 69.8 Å². The second-order valence-corrected chi connectivity index (χ2v) is 8.67. The van der Waals surface area contributed by atoms with Crippen LogP contribution in [-0.2, 0) is 16.0 Å². The maximum Gasteiger partial charge on any atom is 0.243 e. The molecule has 1 amide bonds. The van der Waals surface area contributed by atoms with Gasteiger partial charge in [-0.3, -0.25) is 4.79 Å². The summed E-state index contributed by atoms with van der Waals surface area (Å²) < 4.78 is 11.1. The highest BCUT2D eigenvalue weighted by atomic mass is 127. The lowest BCUT2D eigenvalue weighted by Crippen LogP contribution is -2.68. The number of amides is 1. The predicted molar refractivity (Wildman–Crippen MR) is 130 cm³/mol. The van der Waals surface area contributed by atoms with E-state index in [1.54, 1.807) is 26.1 Å². The molecule has 1 aliphatic heterocycles. The average molecular weight is 530 g/mol. The van der Waals surface area contributed by atoms with Crippen molar-refractivity contribution < 1.29 is 14.3 Å². The molecule has 7 nitrogen and oxygen atoms in total. The molecule has 3 atom stereocenters. The number of halogens is 1. The summed E-state index contributed by atoms with van der Waals surface area (Å²) in [7, 11) is 5.16. The first-order chi connectivity index (χ1) is 13.8. The van der Waals surface area contributed by atoms with Crippen LogP contribution < -0.4 is 15.4 Å². The number of fused-ring (bicyclic) bond motifs is 1. The minimum absolute atomic E-state index is 0. The molecule has 168 valence electrons. The zero-order valence-corrected chi connectivity index (χ0v) is 20.9. The van der Waals surface area contributed by atoms with Crippen LogP contribution in [0.15, 0.2) is 29.3 Å². The van der Waals surface area contributed by atoms with E-state index in [2.05, 4.69) is 41.6 Å². The maximum absolute atomic E-state index is 12.0.